The summed E-state index contributed by atoms with van der Waals surface area (Å²) in [6.07, 6.45) is 4.83. The van der Waals surface area contributed by atoms with Crippen molar-refractivity contribution in [2.24, 2.45) is 20.9 Å². The van der Waals surface area contributed by atoms with Crippen LogP contribution in [-0.4, -0.2) is 29.9 Å². The van der Waals surface area contributed by atoms with Gasteiger partial charge >= 0.3 is 0 Å². The van der Waals surface area contributed by atoms with Crippen molar-refractivity contribution in [3.8, 4) is 0 Å². The van der Waals surface area contributed by atoms with Crippen LogP contribution >= 0.6 is 0 Å². The molecule has 15 heavy (non-hydrogen) atoms. The van der Waals surface area contributed by atoms with E-state index in [1.165, 1.54) is 6.34 Å². The summed E-state index contributed by atoms with van der Waals surface area (Å²) in [6, 6.07) is 0. The minimum absolute atomic E-state index is 0.286. The van der Waals surface area contributed by atoms with Crippen LogP contribution in [0.2, 0.25) is 0 Å². The van der Waals surface area contributed by atoms with Crippen molar-refractivity contribution in [2.75, 3.05) is 0 Å². The van der Waals surface area contributed by atoms with Gasteiger partial charge in [0.25, 0.3) is 0 Å². The number of rotatable bonds is 3. The van der Waals surface area contributed by atoms with Crippen molar-refractivity contribution in [1.82, 2.24) is 5.32 Å². The molecule has 0 aromatic carbocycles. The van der Waals surface area contributed by atoms with Crippen molar-refractivity contribution in [2.45, 2.75) is 32.2 Å². The molecule has 0 saturated carbocycles. The minimum atomic E-state index is -0.626. The quantitative estimate of drug-likeness (QED) is 0.714. The highest BCUT2D eigenvalue weighted by molar-refractivity contribution is 6.24. The van der Waals surface area contributed by atoms with Crippen LogP contribution in [0.1, 0.15) is 26.7 Å². The largest absolute Gasteiger partial charge is 0.332 e. The molecule has 0 bridgehead atoms. The van der Waals surface area contributed by atoms with Gasteiger partial charge in [-0.15, -0.1) is 0 Å². The van der Waals surface area contributed by atoms with E-state index in [1.54, 1.807) is 6.34 Å². The zero-order chi connectivity index (χ0) is 10.9. The highest BCUT2D eigenvalue weighted by Crippen LogP contribution is 2.27. The van der Waals surface area contributed by atoms with Gasteiger partial charge < -0.3 is 5.32 Å². The Bertz CT molecular complexity index is 366. The van der Waals surface area contributed by atoms with Gasteiger partial charge in [0, 0.05) is 0 Å². The average molecular weight is 205 g/mol. The number of fused-ring (bicyclic) bond motifs is 1. The molecule has 2 heterocycles. The highest BCUT2D eigenvalue weighted by Gasteiger charge is 2.44. The summed E-state index contributed by atoms with van der Waals surface area (Å²) in [4.78, 5) is 12.4. The number of nitrogens with one attached hydrogen (secondary N) is 2. The summed E-state index contributed by atoms with van der Waals surface area (Å²) in [5.74, 6) is 1.62. The lowest BCUT2D eigenvalue weighted by molar-refractivity contribution is 0.511. The average Bonchev–Trinajstić information content (AvgIpc) is 2.60. The Morgan fingerprint density at radius 3 is 3.07 bits per heavy atom. The zero-order valence-electron chi connectivity index (χ0n) is 8.99. The molecule has 0 aromatic heterocycles. The van der Waals surface area contributed by atoms with Crippen molar-refractivity contribution in [3.63, 3.8) is 0 Å². The van der Waals surface area contributed by atoms with Gasteiger partial charge in [-0.2, -0.15) is 0 Å². The first-order valence-corrected chi connectivity index (χ1v) is 5.15. The van der Waals surface area contributed by atoms with Crippen LogP contribution in [0.15, 0.2) is 15.0 Å². The standard InChI is InChI=1S/C10H15N5/c1-7(2)3-4-10-8(11)12-5-13-9(10)14-6-15-10/h5-7H,3-4H2,1-2H3,(H2,11,12,13,14,15). The van der Waals surface area contributed by atoms with Gasteiger partial charge in [-0.1, -0.05) is 13.8 Å². The van der Waals surface area contributed by atoms with Crippen molar-refractivity contribution in [1.29, 1.82) is 5.41 Å². The number of nitrogens with zero attached hydrogens (tertiary/aromatic N) is 3. The lowest BCUT2D eigenvalue weighted by atomic mass is 9.88. The number of hydrogen-bond acceptors (Lipinski definition) is 4. The van der Waals surface area contributed by atoms with E-state index in [4.69, 9.17) is 5.41 Å². The molecular formula is C10H15N5. The molecule has 0 radical (unpaired) electrons. The highest BCUT2D eigenvalue weighted by atomic mass is 15.2. The van der Waals surface area contributed by atoms with E-state index in [2.05, 4.69) is 34.1 Å². The fourth-order valence-corrected chi connectivity index (χ4v) is 1.75. The fourth-order valence-electron chi connectivity index (χ4n) is 1.75. The van der Waals surface area contributed by atoms with E-state index in [0.717, 1.165) is 18.7 Å². The third-order valence-corrected chi connectivity index (χ3v) is 2.73. The third-order valence-electron chi connectivity index (χ3n) is 2.73. The maximum absolute atomic E-state index is 7.88. The van der Waals surface area contributed by atoms with Crippen LogP contribution in [0.25, 0.3) is 0 Å². The summed E-state index contributed by atoms with van der Waals surface area (Å²) in [5, 5.41) is 10.9. The summed E-state index contributed by atoms with van der Waals surface area (Å²) in [7, 11) is 0. The van der Waals surface area contributed by atoms with Crippen LogP contribution in [0.3, 0.4) is 0 Å². The Morgan fingerprint density at radius 1 is 1.53 bits per heavy atom. The molecule has 2 N–H and O–H groups in total. The van der Waals surface area contributed by atoms with Gasteiger partial charge in [0.1, 0.15) is 12.2 Å². The molecule has 0 spiro atoms. The summed E-state index contributed by atoms with van der Waals surface area (Å²) < 4.78 is 0. The van der Waals surface area contributed by atoms with Gasteiger partial charge in [0.05, 0.1) is 6.34 Å². The molecule has 1 unspecified atom stereocenters. The molecule has 2 rings (SSSR count). The molecule has 2 aliphatic heterocycles. The molecule has 0 fully saturated rings. The van der Waals surface area contributed by atoms with Crippen LogP contribution in [0.5, 0.6) is 0 Å². The number of hydrogen-bond donors (Lipinski definition) is 2. The predicted molar refractivity (Wildman–Crippen MR) is 62.1 cm³/mol. The van der Waals surface area contributed by atoms with Gasteiger partial charge in [-0.05, 0) is 18.8 Å². The van der Waals surface area contributed by atoms with Gasteiger partial charge in [-0.3, -0.25) is 10.4 Å². The molecule has 0 amide bonds. The molecular weight excluding hydrogens is 190 g/mol. The van der Waals surface area contributed by atoms with Crippen molar-refractivity contribution >= 4 is 24.3 Å². The van der Waals surface area contributed by atoms with E-state index in [0.29, 0.717) is 5.92 Å². The number of aliphatic imine (C=N–C) groups is 3. The first-order chi connectivity index (χ1) is 7.15. The Balaban J connectivity index is 2.23. The SMILES string of the molecule is CC(C)CCC12N=CNC1=NC=NC2=N. The first kappa shape index (κ1) is 10.0. The van der Waals surface area contributed by atoms with E-state index in [-0.39, 0.29) is 5.84 Å². The number of amidine groups is 2. The van der Waals surface area contributed by atoms with Crippen LogP contribution in [0.4, 0.5) is 0 Å². The predicted octanol–water partition coefficient (Wildman–Crippen LogP) is 1.21. The molecule has 0 aliphatic carbocycles. The van der Waals surface area contributed by atoms with Crippen molar-refractivity contribution < 1.29 is 0 Å². The van der Waals surface area contributed by atoms with E-state index in [1.807, 2.05) is 0 Å². The van der Waals surface area contributed by atoms with Crippen LogP contribution in [-0.2, 0) is 0 Å². The summed E-state index contributed by atoms with van der Waals surface area (Å²) in [6.45, 7) is 4.32. The molecule has 1 atom stereocenters. The van der Waals surface area contributed by atoms with E-state index < -0.39 is 5.54 Å². The molecule has 2 aliphatic rings. The van der Waals surface area contributed by atoms with E-state index >= 15 is 0 Å². The second-order valence-corrected chi connectivity index (χ2v) is 4.27. The Kier molecular flexibility index (Phi) is 2.38. The second-order valence-electron chi connectivity index (χ2n) is 4.27. The van der Waals surface area contributed by atoms with Gasteiger partial charge in [-0.25, -0.2) is 9.98 Å². The topological polar surface area (TPSA) is 73.0 Å². The zero-order valence-corrected chi connectivity index (χ0v) is 8.99. The molecule has 5 heteroatoms. The van der Waals surface area contributed by atoms with Crippen LogP contribution in [0, 0.1) is 11.3 Å². The third kappa shape index (κ3) is 1.58. The fraction of sp³-hybridized carbons (Fsp3) is 0.600. The Hall–Kier alpha value is -1.52. The second kappa shape index (κ2) is 3.56. The first-order valence-electron chi connectivity index (χ1n) is 5.15. The molecule has 5 nitrogen and oxygen atoms in total. The van der Waals surface area contributed by atoms with Crippen molar-refractivity contribution in [3.05, 3.63) is 0 Å². The maximum Gasteiger partial charge on any atom is 0.178 e. The lowest BCUT2D eigenvalue weighted by Crippen LogP contribution is -2.47. The van der Waals surface area contributed by atoms with Gasteiger partial charge in [0.15, 0.2) is 11.4 Å². The molecule has 0 aromatic rings. The van der Waals surface area contributed by atoms with Gasteiger partial charge in [0.2, 0.25) is 0 Å². The van der Waals surface area contributed by atoms with Crippen LogP contribution < -0.4 is 5.32 Å². The maximum atomic E-state index is 7.88. The normalized spacial score (nSPS) is 27.9. The minimum Gasteiger partial charge on any atom is -0.332 e. The van der Waals surface area contributed by atoms with E-state index in [9.17, 15) is 0 Å². The summed E-state index contributed by atoms with van der Waals surface area (Å²) >= 11 is 0. The Morgan fingerprint density at radius 2 is 2.33 bits per heavy atom. The monoisotopic (exact) mass is 205 g/mol. The lowest BCUT2D eigenvalue weighted by Gasteiger charge is -2.27. The Labute approximate surface area is 88.9 Å². The smallest absolute Gasteiger partial charge is 0.178 e. The molecule has 0 saturated heterocycles. The molecule has 80 valence electrons. The summed E-state index contributed by atoms with van der Waals surface area (Å²) in [5.41, 5.74) is -0.626.